The summed E-state index contributed by atoms with van der Waals surface area (Å²) in [6.07, 6.45) is 8.63. The molecule has 1 aromatic heterocycles. The quantitative estimate of drug-likeness (QED) is 0.768. The van der Waals surface area contributed by atoms with Crippen molar-refractivity contribution in [1.82, 2.24) is 14.9 Å². The molecule has 2 aliphatic rings. The Balaban J connectivity index is 1.84. The maximum absolute atomic E-state index is 12.4. The third-order valence-electron chi connectivity index (χ3n) is 3.81. The Morgan fingerprint density at radius 2 is 1.82 bits per heavy atom. The van der Waals surface area contributed by atoms with E-state index in [-0.39, 0.29) is 11.9 Å². The van der Waals surface area contributed by atoms with E-state index in [0.29, 0.717) is 17.6 Å². The number of hydrogen-bond donors (Lipinski definition) is 1. The molecule has 2 saturated heterocycles. The van der Waals surface area contributed by atoms with E-state index < -0.39 is 0 Å². The zero-order valence-electron chi connectivity index (χ0n) is 9.62. The molecule has 0 spiro atoms. The van der Waals surface area contributed by atoms with E-state index in [2.05, 4.69) is 9.97 Å². The van der Waals surface area contributed by atoms with Crippen molar-refractivity contribution in [2.45, 2.75) is 43.8 Å². The lowest BCUT2D eigenvalue weighted by molar-refractivity contribution is 0.0574. The number of nitrogens with zero attached hydrogens (tertiary/aromatic N) is 3. The van der Waals surface area contributed by atoms with Gasteiger partial charge in [0.25, 0.3) is 5.91 Å². The minimum atomic E-state index is 0.0602. The van der Waals surface area contributed by atoms with Gasteiger partial charge in [0, 0.05) is 30.5 Å². The Morgan fingerprint density at radius 1 is 1.24 bits per heavy atom. The van der Waals surface area contributed by atoms with E-state index in [1.54, 1.807) is 12.4 Å². The predicted octanol–water partition coefficient (Wildman–Crippen LogP) is 0.571. The molecule has 0 aromatic carbocycles. The number of carbonyl (C=O) groups excluding carboxylic acids is 1. The molecule has 90 valence electrons. The van der Waals surface area contributed by atoms with E-state index in [9.17, 15) is 4.79 Å². The minimum absolute atomic E-state index is 0.0602. The molecule has 2 atom stereocenters. The van der Waals surface area contributed by atoms with E-state index in [4.69, 9.17) is 5.73 Å². The van der Waals surface area contributed by atoms with Gasteiger partial charge in [-0.2, -0.15) is 0 Å². The third-order valence-corrected chi connectivity index (χ3v) is 3.81. The van der Waals surface area contributed by atoms with Gasteiger partial charge in [-0.25, -0.2) is 9.97 Å². The summed E-state index contributed by atoms with van der Waals surface area (Å²) in [6.45, 7) is 0. The Labute approximate surface area is 100 Å². The van der Waals surface area contributed by atoms with Gasteiger partial charge < -0.3 is 10.6 Å². The largest absolute Gasteiger partial charge is 0.332 e. The van der Waals surface area contributed by atoms with Gasteiger partial charge in [0.1, 0.15) is 6.33 Å². The average Bonchev–Trinajstić information content (AvgIpc) is 2.62. The summed E-state index contributed by atoms with van der Waals surface area (Å²) in [4.78, 5) is 22.2. The summed E-state index contributed by atoms with van der Waals surface area (Å²) < 4.78 is 0. The van der Waals surface area contributed by atoms with Gasteiger partial charge in [0.2, 0.25) is 0 Å². The molecule has 2 bridgehead atoms. The van der Waals surface area contributed by atoms with Crippen LogP contribution in [0.2, 0.25) is 0 Å². The molecule has 1 amide bonds. The molecule has 17 heavy (non-hydrogen) atoms. The minimum Gasteiger partial charge on any atom is -0.332 e. The third kappa shape index (κ3) is 1.80. The van der Waals surface area contributed by atoms with Crippen LogP contribution in [0.15, 0.2) is 18.7 Å². The van der Waals surface area contributed by atoms with E-state index in [1.807, 2.05) is 4.90 Å². The molecular formula is C12H16N4O. The van der Waals surface area contributed by atoms with Crippen LogP contribution in [-0.2, 0) is 0 Å². The highest BCUT2D eigenvalue weighted by Crippen LogP contribution is 2.35. The lowest BCUT2D eigenvalue weighted by Crippen LogP contribution is -2.50. The molecule has 2 N–H and O–H groups in total. The van der Waals surface area contributed by atoms with E-state index >= 15 is 0 Å². The van der Waals surface area contributed by atoms with Crippen LogP contribution in [-0.4, -0.2) is 38.9 Å². The van der Waals surface area contributed by atoms with Crippen LogP contribution < -0.4 is 5.73 Å². The van der Waals surface area contributed by atoms with Crippen molar-refractivity contribution >= 4 is 5.91 Å². The zero-order chi connectivity index (χ0) is 11.8. The number of rotatable bonds is 1. The molecular weight excluding hydrogens is 216 g/mol. The fraction of sp³-hybridized carbons (Fsp3) is 0.583. The first kappa shape index (κ1) is 10.7. The molecule has 0 saturated carbocycles. The van der Waals surface area contributed by atoms with Gasteiger partial charge in [-0.05, 0) is 25.7 Å². The standard InChI is InChI=1S/C12H16N4O/c13-9-3-10-1-2-11(4-9)16(10)12(17)8-5-14-7-15-6-8/h5-7,9-11H,1-4,13H2. The van der Waals surface area contributed by atoms with Crippen LogP contribution in [0.4, 0.5) is 0 Å². The number of fused-ring (bicyclic) bond motifs is 2. The van der Waals surface area contributed by atoms with Crippen LogP contribution in [0.3, 0.4) is 0 Å². The van der Waals surface area contributed by atoms with Crippen molar-refractivity contribution < 1.29 is 4.79 Å². The van der Waals surface area contributed by atoms with Crippen molar-refractivity contribution in [1.29, 1.82) is 0 Å². The maximum atomic E-state index is 12.4. The summed E-state index contributed by atoms with van der Waals surface area (Å²) in [5.74, 6) is 0.0602. The fourth-order valence-corrected chi connectivity index (χ4v) is 3.11. The number of nitrogens with two attached hydrogens (primary N) is 1. The summed E-state index contributed by atoms with van der Waals surface area (Å²) in [5.41, 5.74) is 6.58. The molecule has 2 aliphatic heterocycles. The number of carbonyl (C=O) groups is 1. The highest BCUT2D eigenvalue weighted by Gasteiger charge is 2.42. The van der Waals surface area contributed by atoms with Crippen molar-refractivity contribution in [3.8, 4) is 0 Å². The van der Waals surface area contributed by atoms with Gasteiger partial charge in [-0.3, -0.25) is 4.79 Å². The van der Waals surface area contributed by atoms with E-state index in [0.717, 1.165) is 25.7 Å². The lowest BCUT2D eigenvalue weighted by Gasteiger charge is -2.37. The van der Waals surface area contributed by atoms with Gasteiger partial charge >= 0.3 is 0 Å². The topological polar surface area (TPSA) is 72.1 Å². The second-order valence-corrected chi connectivity index (χ2v) is 4.96. The first-order valence-corrected chi connectivity index (χ1v) is 6.09. The van der Waals surface area contributed by atoms with Gasteiger partial charge in [-0.1, -0.05) is 0 Å². The zero-order valence-corrected chi connectivity index (χ0v) is 9.62. The van der Waals surface area contributed by atoms with Crippen molar-refractivity contribution in [2.24, 2.45) is 5.73 Å². The van der Waals surface area contributed by atoms with Crippen molar-refractivity contribution in [3.05, 3.63) is 24.3 Å². The monoisotopic (exact) mass is 232 g/mol. The second-order valence-electron chi connectivity index (χ2n) is 4.96. The molecule has 2 unspecified atom stereocenters. The summed E-state index contributed by atoms with van der Waals surface area (Å²) in [5, 5.41) is 0. The Bertz CT molecular complexity index is 408. The number of amides is 1. The molecule has 0 aliphatic carbocycles. The number of hydrogen-bond acceptors (Lipinski definition) is 4. The first-order chi connectivity index (χ1) is 8.25. The maximum Gasteiger partial charge on any atom is 0.257 e. The van der Waals surface area contributed by atoms with Crippen molar-refractivity contribution in [3.63, 3.8) is 0 Å². The van der Waals surface area contributed by atoms with Crippen LogP contribution >= 0.6 is 0 Å². The first-order valence-electron chi connectivity index (χ1n) is 6.09. The molecule has 3 heterocycles. The lowest BCUT2D eigenvalue weighted by atomic mass is 9.97. The average molecular weight is 232 g/mol. The Hall–Kier alpha value is -1.49. The Kier molecular flexibility index (Phi) is 2.55. The van der Waals surface area contributed by atoms with Gasteiger partial charge in [0.15, 0.2) is 0 Å². The fourth-order valence-electron chi connectivity index (χ4n) is 3.11. The smallest absolute Gasteiger partial charge is 0.257 e. The molecule has 1 aromatic rings. The van der Waals surface area contributed by atoms with E-state index in [1.165, 1.54) is 6.33 Å². The van der Waals surface area contributed by atoms with Crippen LogP contribution in [0, 0.1) is 0 Å². The number of aromatic nitrogens is 2. The number of piperidine rings is 1. The normalized spacial score (nSPS) is 31.6. The summed E-state index contributed by atoms with van der Waals surface area (Å²) in [6, 6.07) is 0.886. The van der Waals surface area contributed by atoms with Gasteiger partial charge in [0.05, 0.1) is 5.56 Å². The van der Waals surface area contributed by atoms with Crippen LogP contribution in [0.1, 0.15) is 36.0 Å². The summed E-state index contributed by atoms with van der Waals surface area (Å²) >= 11 is 0. The molecule has 0 radical (unpaired) electrons. The highest BCUT2D eigenvalue weighted by molar-refractivity contribution is 5.94. The van der Waals surface area contributed by atoms with Crippen molar-refractivity contribution in [2.75, 3.05) is 0 Å². The Morgan fingerprint density at radius 3 is 2.41 bits per heavy atom. The molecule has 3 rings (SSSR count). The summed E-state index contributed by atoms with van der Waals surface area (Å²) in [7, 11) is 0. The molecule has 2 fully saturated rings. The van der Waals surface area contributed by atoms with Crippen LogP contribution in [0.5, 0.6) is 0 Å². The second kappa shape index (κ2) is 4.07. The predicted molar refractivity (Wildman–Crippen MR) is 62.2 cm³/mol. The molecule has 5 heteroatoms. The van der Waals surface area contributed by atoms with Crippen LogP contribution in [0.25, 0.3) is 0 Å². The SMILES string of the molecule is NC1CC2CCC(C1)N2C(=O)c1cncnc1. The van der Waals surface area contributed by atoms with Gasteiger partial charge in [-0.15, -0.1) is 0 Å². The highest BCUT2D eigenvalue weighted by atomic mass is 16.2. The molecule has 5 nitrogen and oxygen atoms in total.